The SMILES string of the molecule is Cc1ccc(N(c2ccc(C)cc2)c2ccc(-c3cc4c5c(c3)B3c6ccccc6C(C)(C)c6c(C)ccc(c63)N5c3ccc(C)c5c3B4c3ccccc3C5(C)C)cc2)cc1. The quantitative estimate of drug-likeness (QED) is 0.164. The van der Waals surface area contributed by atoms with Crippen LogP contribution in [0.2, 0.25) is 0 Å². The number of nitrogens with zero attached hydrogens (tertiary/aromatic N) is 2. The molecule has 4 heterocycles. The monoisotopic (exact) mass is 796 g/mol. The molecule has 62 heavy (non-hydrogen) atoms. The van der Waals surface area contributed by atoms with Gasteiger partial charge < -0.3 is 9.80 Å². The van der Waals surface area contributed by atoms with Crippen LogP contribution in [-0.2, 0) is 10.8 Å². The molecule has 0 amide bonds. The van der Waals surface area contributed by atoms with Gasteiger partial charge in [-0.15, -0.1) is 0 Å². The highest BCUT2D eigenvalue weighted by molar-refractivity contribution is 7.03. The van der Waals surface area contributed by atoms with Gasteiger partial charge in [-0.2, -0.15) is 0 Å². The van der Waals surface area contributed by atoms with E-state index < -0.39 is 0 Å². The molecule has 0 aliphatic carbocycles. The predicted molar refractivity (Wildman–Crippen MR) is 267 cm³/mol. The fourth-order valence-electron chi connectivity index (χ4n) is 12.5. The number of rotatable bonds is 4. The molecular weight excluding hydrogens is 746 g/mol. The van der Waals surface area contributed by atoms with E-state index in [2.05, 4.69) is 223 Å². The van der Waals surface area contributed by atoms with Crippen molar-refractivity contribution < 1.29 is 0 Å². The molecule has 0 spiro atoms. The van der Waals surface area contributed by atoms with Gasteiger partial charge in [-0.05, 0) is 143 Å². The highest BCUT2D eigenvalue weighted by atomic mass is 15.2. The Morgan fingerprint density at radius 3 is 1.26 bits per heavy atom. The number of fused-ring (bicyclic) bond motifs is 8. The molecule has 0 aromatic heterocycles. The molecule has 0 atom stereocenters. The summed E-state index contributed by atoms with van der Waals surface area (Å²) in [4.78, 5) is 5.07. The second kappa shape index (κ2) is 13.0. The lowest BCUT2D eigenvalue weighted by atomic mass is 9.26. The summed E-state index contributed by atoms with van der Waals surface area (Å²) in [5.74, 6) is 0. The lowest BCUT2D eigenvalue weighted by Crippen LogP contribution is -2.70. The number of anilines is 6. The summed E-state index contributed by atoms with van der Waals surface area (Å²) in [6, 6.07) is 60.5. The van der Waals surface area contributed by atoms with Gasteiger partial charge in [0.25, 0.3) is 0 Å². The van der Waals surface area contributed by atoms with Crippen LogP contribution < -0.4 is 42.6 Å². The van der Waals surface area contributed by atoms with E-state index in [0.717, 1.165) is 17.1 Å². The van der Waals surface area contributed by atoms with E-state index in [-0.39, 0.29) is 24.3 Å². The van der Waals surface area contributed by atoms with E-state index in [1.807, 2.05) is 0 Å². The molecule has 0 saturated heterocycles. The predicted octanol–water partition coefficient (Wildman–Crippen LogP) is 10.5. The smallest absolute Gasteiger partial charge is 0.247 e. The van der Waals surface area contributed by atoms with Crippen LogP contribution in [0.4, 0.5) is 34.1 Å². The molecule has 4 aliphatic rings. The van der Waals surface area contributed by atoms with Gasteiger partial charge >= 0.3 is 0 Å². The van der Waals surface area contributed by atoms with E-state index in [9.17, 15) is 0 Å². The van der Waals surface area contributed by atoms with Crippen LogP contribution in [-0.4, -0.2) is 13.4 Å². The van der Waals surface area contributed by atoms with Crippen LogP contribution in [0, 0.1) is 27.7 Å². The zero-order chi connectivity index (χ0) is 42.4. The number of aryl methyl sites for hydroxylation is 4. The minimum absolute atomic E-state index is 0.105. The van der Waals surface area contributed by atoms with Crippen molar-refractivity contribution in [1.29, 1.82) is 0 Å². The number of hydrogen-bond acceptors (Lipinski definition) is 2. The molecule has 0 N–H and O–H groups in total. The third-order valence-corrected chi connectivity index (χ3v) is 15.1. The molecule has 0 radical (unpaired) electrons. The van der Waals surface area contributed by atoms with Gasteiger partial charge in [0.1, 0.15) is 0 Å². The zero-order valence-corrected chi connectivity index (χ0v) is 37.1. The molecule has 298 valence electrons. The van der Waals surface area contributed by atoms with Gasteiger partial charge in [-0.1, -0.05) is 159 Å². The first kappa shape index (κ1) is 37.3. The van der Waals surface area contributed by atoms with Gasteiger partial charge in [0.2, 0.25) is 13.4 Å². The maximum absolute atomic E-state index is 2.69. The van der Waals surface area contributed by atoms with Crippen molar-refractivity contribution in [3.8, 4) is 11.1 Å². The minimum atomic E-state index is -0.150. The summed E-state index contributed by atoms with van der Waals surface area (Å²) < 4.78 is 0. The third-order valence-electron chi connectivity index (χ3n) is 15.1. The second-order valence-corrected chi connectivity index (χ2v) is 19.6. The Hall–Kier alpha value is -6.51. The number of benzene rings is 8. The fraction of sp³-hybridized carbons (Fsp3) is 0.172. The van der Waals surface area contributed by atoms with Crippen LogP contribution in [0.5, 0.6) is 0 Å². The molecule has 0 saturated carbocycles. The highest BCUT2D eigenvalue weighted by Gasteiger charge is 2.52. The fourth-order valence-corrected chi connectivity index (χ4v) is 12.5. The van der Waals surface area contributed by atoms with Gasteiger partial charge in [-0.3, -0.25) is 0 Å². The average molecular weight is 797 g/mol. The molecule has 4 aliphatic heterocycles. The van der Waals surface area contributed by atoms with E-state index in [1.165, 1.54) is 105 Å². The zero-order valence-electron chi connectivity index (χ0n) is 37.1. The van der Waals surface area contributed by atoms with Crippen LogP contribution >= 0.6 is 0 Å². The largest absolute Gasteiger partial charge is 0.313 e. The first-order valence-corrected chi connectivity index (χ1v) is 22.4. The normalized spacial score (nSPS) is 15.3. The standard InChI is InChI=1S/C58H50B2N2/c1-35-17-25-41(26-18-35)61(42-27-19-36(2)20-28-42)43-29-23-39(24-30-43)40-33-48-56-49(34-40)60-47-16-12-10-14-45(47)58(7,8)53-38(4)22-32-51(55(53)60)62(56)50-31-21-37(3)52-54(50)59(48)46-15-11-9-13-44(46)57(52,5)6/h9-34H,1-8H3. The average Bonchev–Trinajstić information content (AvgIpc) is 3.27. The molecule has 0 unspecified atom stereocenters. The topological polar surface area (TPSA) is 6.48 Å². The van der Waals surface area contributed by atoms with Crippen molar-refractivity contribution in [2.24, 2.45) is 0 Å². The maximum Gasteiger partial charge on any atom is 0.247 e. The molecule has 4 heteroatoms. The van der Waals surface area contributed by atoms with E-state index >= 15 is 0 Å². The van der Waals surface area contributed by atoms with Gasteiger partial charge in [0.15, 0.2) is 0 Å². The molecule has 0 fully saturated rings. The number of hydrogen-bond donors (Lipinski definition) is 0. The summed E-state index contributed by atoms with van der Waals surface area (Å²) in [7, 11) is 0. The van der Waals surface area contributed by atoms with Crippen LogP contribution in [0.1, 0.15) is 72.2 Å². The summed E-state index contributed by atoms with van der Waals surface area (Å²) in [5.41, 5.74) is 29.3. The van der Waals surface area contributed by atoms with E-state index in [1.54, 1.807) is 0 Å². The van der Waals surface area contributed by atoms with Crippen molar-refractivity contribution in [3.05, 3.63) is 202 Å². The maximum atomic E-state index is 2.69. The van der Waals surface area contributed by atoms with Crippen molar-refractivity contribution in [2.75, 3.05) is 9.80 Å². The van der Waals surface area contributed by atoms with Crippen molar-refractivity contribution in [3.63, 3.8) is 0 Å². The Morgan fingerprint density at radius 2 is 0.823 bits per heavy atom. The summed E-state index contributed by atoms with van der Waals surface area (Å²) in [6.07, 6.45) is 0. The van der Waals surface area contributed by atoms with Crippen LogP contribution in [0.15, 0.2) is 158 Å². The van der Waals surface area contributed by atoms with Gasteiger partial charge in [-0.25, -0.2) is 0 Å². The molecule has 8 aromatic rings. The molecule has 12 rings (SSSR count). The van der Waals surface area contributed by atoms with E-state index in [4.69, 9.17) is 0 Å². The Bertz CT molecular complexity index is 2990. The third kappa shape index (κ3) is 5.01. The van der Waals surface area contributed by atoms with Crippen LogP contribution in [0.25, 0.3) is 11.1 Å². The Morgan fingerprint density at radius 1 is 0.419 bits per heavy atom. The van der Waals surface area contributed by atoms with Crippen molar-refractivity contribution in [2.45, 2.75) is 66.2 Å². The second-order valence-electron chi connectivity index (χ2n) is 19.6. The summed E-state index contributed by atoms with van der Waals surface area (Å²) >= 11 is 0. The van der Waals surface area contributed by atoms with E-state index in [0.29, 0.717) is 0 Å². The first-order valence-electron chi connectivity index (χ1n) is 22.4. The molecule has 2 nitrogen and oxygen atoms in total. The Labute approximate surface area is 368 Å². The van der Waals surface area contributed by atoms with Crippen molar-refractivity contribution >= 4 is 80.3 Å². The lowest BCUT2D eigenvalue weighted by Gasteiger charge is -2.51. The first-order chi connectivity index (χ1) is 29.9. The molecule has 8 aromatic carbocycles. The minimum Gasteiger partial charge on any atom is -0.313 e. The molecule has 0 bridgehead atoms. The van der Waals surface area contributed by atoms with Crippen LogP contribution in [0.3, 0.4) is 0 Å². The van der Waals surface area contributed by atoms with Gasteiger partial charge in [0.05, 0.1) is 0 Å². The van der Waals surface area contributed by atoms with Crippen molar-refractivity contribution in [1.82, 2.24) is 0 Å². The summed E-state index contributed by atoms with van der Waals surface area (Å²) in [6.45, 7) is 19.0. The Kier molecular flexibility index (Phi) is 7.82. The highest BCUT2D eigenvalue weighted by Crippen LogP contribution is 2.48. The van der Waals surface area contributed by atoms with Gasteiger partial charge in [0, 0.05) is 45.0 Å². The lowest BCUT2D eigenvalue weighted by molar-refractivity contribution is 0.640. The molecular formula is C58H50B2N2. The Balaban J connectivity index is 1.14. The summed E-state index contributed by atoms with van der Waals surface area (Å²) in [5, 5.41) is 0.